The summed E-state index contributed by atoms with van der Waals surface area (Å²) in [7, 11) is 0. The van der Waals surface area contributed by atoms with E-state index in [-0.39, 0.29) is 18.6 Å². The van der Waals surface area contributed by atoms with E-state index in [1.54, 1.807) is 36.4 Å². The highest BCUT2D eigenvalue weighted by Gasteiger charge is 2.19. The number of benzene rings is 2. The molecule has 1 amide bonds. The molecule has 0 saturated heterocycles. The zero-order valence-corrected chi connectivity index (χ0v) is 17.6. The Hall–Kier alpha value is -3.09. The number of hydrogen-bond donors (Lipinski definition) is 1. The van der Waals surface area contributed by atoms with Crippen molar-refractivity contribution in [3.63, 3.8) is 0 Å². The van der Waals surface area contributed by atoms with Gasteiger partial charge in [-0.25, -0.2) is 0 Å². The second-order valence-corrected chi connectivity index (χ2v) is 7.55. The number of pyridine rings is 1. The van der Waals surface area contributed by atoms with Gasteiger partial charge in [0.25, 0.3) is 5.91 Å². The topological polar surface area (TPSA) is 68.5 Å². The maximum Gasteiger partial charge on any atom is 0.255 e. The fourth-order valence-electron chi connectivity index (χ4n) is 3.07. The number of carbonyl (C=O) groups is 1. The molecule has 0 fully saturated rings. The van der Waals surface area contributed by atoms with E-state index in [1.165, 1.54) is 0 Å². The summed E-state index contributed by atoms with van der Waals surface area (Å²) in [6.45, 7) is 2.07. The second-order valence-electron chi connectivity index (χ2n) is 6.70. The number of carbonyl (C=O) groups excluding carboxylic acids is 1. The number of para-hydroxylation sites is 1. The monoisotopic (exact) mass is 440 g/mol. The number of nitrogens with one attached hydrogen (secondary N) is 1. The molecule has 30 heavy (non-hydrogen) atoms. The Labute approximate surface area is 183 Å². The summed E-state index contributed by atoms with van der Waals surface area (Å²) < 4.78 is 7.73. The number of ether oxygens (including phenoxy) is 1. The van der Waals surface area contributed by atoms with Crippen molar-refractivity contribution in [1.29, 1.82) is 0 Å². The Morgan fingerprint density at radius 3 is 2.73 bits per heavy atom. The van der Waals surface area contributed by atoms with Gasteiger partial charge in [0.05, 0.1) is 11.6 Å². The van der Waals surface area contributed by atoms with Crippen LogP contribution >= 0.6 is 23.2 Å². The number of halogens is 2. The smallest absolute Gasteiger partial charge is 0.255 e. The maximum atomic E-state index is 12.9. The molecular formula is C22H18Cl2N4O2. The molecule has 0 spiro atoms. The van der Waals surface area contributed by atoms with Gasteiger partial charge >= 0.3 is 0 Å². The first-order valence-corrected chi connectivity index (χ1v) is 10.0. The van der Waals surface area contributed by atoms with Crippen LogP contribution in [0.15, 0.2) is 66.9 Å². The van der Waals surface area contributed by atoms with Gasteiger partial charge in [-0.1, -0.05) is 47.5 Å². The van der Waals surface area contributed by atoms with Crippen LogP contribution in [0.5, 0.6) is 5.75 Å². The summed E-state index contributed by atoms with van der Waals surface area (Å²) >= 11 is 12.2. The van der Waals surface area contributed by atoms with Crippen molar-refractivity contribution in [2.75, 3.05) is 0 Å². The second kappa shape index (κ2) is 8.73. The van der Waals surface area contributed by atoms with Crippen LogP contribution in [0.25, 0.3) is 5.65 Å². The third kappa shape index (κ3) is 4.25. The Bertz CT molecular complexity index is 1210. The van der Waals surface area contributed by atoms with Crippen LogP contribution in [0.3, 0.4) is 0 Å². The lowest BCUT2D eigenvalue weighted by Crippen LogP contribution is -2.28. The van der Waals surface area contributed by atoms with Crippen LogP contribution in [0.2, 0.25) is 10.0 Å². The van der Waals surface area contributed by atoms with Crippen molar-refractivity contribution < 1.29 is 9.53 Å². The molecule has 6 nitrogen and oxygen atoms in total. The summed E-state index contributed by atoms with van der Waals surface area (Å²) in [6, 6.07) is 17.5. The van der Waals surface area contributed by atoms with Crippen LogP contribution in [-0.4, -0.2) is 20.5 Å². The van der Waals surface area contributed by atoms with E-state index < -0.39 is 0 Å². The number of nitrogens with zero attached hydrogens (tertiary/aromatic N) is 3. The van der Waals surface area contributed by atoms with Crippen LogP contribution < -0.4 is 10.1 Å². The van der Waals surface area contributed by atoms with Gasteiger partial charge in [-0.3, -0.25) is 9.20 Å². The van der Waals surface area contributed by atoms with Crippen molar-refractivity contribution in [3.8, 4) is 5.75 Å². The van der Waals surface area contributed by atoms with E-state index in [4.69, 9.17) is 27.9 Å². The van der Waals surface area contributed by atoms with Crippen LogP contribution in [0.4, 0.5) is 0 Å². The Kier molecular flexibility index (Phi) is 5.88. The number of hydrogen-bond acceptors (Lipinski definition) is 4. The fourth-order valence-corrected chi connectivity index (χ4v) is 3.53. The zero-order chi connectivity index (χ0) is 21.1. The van der Waals surface area contributed by atoms with Gasteiger partial charge in [0.1, 0.15) is 12.4 Å². The molecule has 4 rings (SSSR count). The summed E-state index contributed by atoms with van der Waals surface area (Å²) in [4.78, 5) is 12.9. The highest BCUT2D eigenvalue weighted by Crippen LogP contribution is 2.25. The third-order valence-corrected chi connectivity index (χ3v) is 5.19. The van der Waals surface area contributed by atoms with E-state index in [2.05, 4.69) is 15.5 Å². The molecule has 1 atom stereocenters. The largest absolute Gasteiger partial charge is 0.488 e. The van der Waals surface area contributed by atoms with Crippen LogP contribution in [-0.2, 0) is 6.61 Å². The molecule has 2 aromatic carbocycles. The molecule has 2 heterocycles. The Morgan fingerprint density at radius 2 is 1.90 bits per heavy atom. The van der Waals surface area contributed by atoms with Crippen molar-refractivity contribution in [2.45, 2.75) is 19.6 Å². The van der Waals surface area contributed by atoms with E-state index in [0.29, 0.717) is 27.2 Å². The molecule has 0 bridgehead atoms. The summed E-state index contributed by atoms with van der Waals surface area (Å²) in [5.41, 5.74) is 1.92. The molecule has 152 valence electrons. The van der Waals surface area contributed by atoms with Crippen LogP contribution in [0, 0.1) is 0 Å². The Morgan fingerprint density at radius 1 is 1.10 bits per heavy atom. The highest BCUT2D eigenvalue weighted by molar-refractivity contribution is 6.35. The van der Waals surface area contributed by atoms with E-state index >= 15 is 0 Å². The molecule has 0 aliphatic rings. The molecule has 0 radical (unpaired) electrons. The van der Waals surface area contributed by atoms with Gasteiger partial charge in [-0.05, 0) is 43.3 Å². The molecule has 0 saturated carbocycles. The van der Waals surface area contributed by atoms with Gasteiger partial charge < -0.3 is 10.1 Å². The van der Waals surface area contributed by atoms with Gasteiger partial charge in [-0.15, -0.1) is 10.2 Å². The standard InChI is InChI=1S/C22H18Cl2N4O2/c1-14(21-27-26-20-8-4-5-11-28(20)21)25-22(29)17-6-2-3-7-19(17)30-13-15-9-10-16(23)12-18(15)24/h2-12,14H,13H2,1H3,(H,25,29). The van der Waals surface area contributed by atoms with E-state index in [1.807, 2.05) is 41.8 Å². The molecule has 2 aromatic heterocycles. The minimum atomic E-state index is -0.353. The molecular weight excluding hydrogens is 423 g/mol. The average Bonchev–Trinajstić information content (AvgIpc) is 3.17. The fraction of sp³-hybridized carbons (Fsp3) is 0.136. The minimum absolute atomic E-state index is 0.213. The zero-order valence-electron chi connectivity index (χ0n) is 16.0. The first-order valence-electron chi connectivity index (χ1n) is 9.29. The normalized spacial score (nSPS) is 12.0. The number of fused-ring (bicyclic) bond motifs is 1. The van der Waals surface area contributed by atoms with Gasteiger partial charge in [0.2, 0.25) is 0 Å². The van der Waals surface area contributed by atoms with Crippen molar-refractivity contribution in [3.05, 3.63) is 93.9 Å². The lowest BCUT2D eigenvalue weighted by atomic mass is 10.1. The van der Waals surface area contributed by atoms with Gasteiger partial charge in [0, 0.05) is 21.8 Å². The summed E-state index contributed by atoms with van der Waals surface area (Å²) in [6.07, 6.45) is 1.86. The third-order valence-electron chi connectivity index (χ3n) is 4.60. The van der Waals surface area contributed by atoms with Crippen molar-refractivity contribution in [2.24, 2.45) is 0 Å². The quantitative estimate of drug-likeness (QED) is 0.452. The van der Waals surface area contributed by atoms with Crippen LogP contribution in [0.1, 0.15) is 34.7 Å². The minimum Gasteiger partial charge on any atom is -0.488 e. The predicted molar refractivity (Wildman–Crippen MR) is 116 cm³/mol. The molecule has 8 heteroatoms. The molecule has 0 aliphatic heterocycles. The molecule has 0 aliphatic carbocycles. The van der Waals surface area contributed by atoms with E-state index in [9.17, 15) is 4.79 Å². The lowest BCUT2D eigenvalue weighted by molar-refractivity contribution is 0.0933. The van der Waals surface area contributed by atoms with E-state index in [0.717, 1.165) is 11.2 Å². The summed E-state index contributed by atoms with van der Waals surface area (Å²) in [5, 5.41) is 12.4. The van der Waals surface area contributed by atoms with Gasteiger partial charge in [0.15, 0.2) is 11.5 Å². The lowest BCUT2D eigenvalue weighted by Gasteiger charge is -2.15. The maximum absolute atomic E-state index is 12.9. The predicted octanol–water partition coefficient (Wildman–Crippen LogP) is 5.11. The number of aromatic nitrogens is 3. The highest BCUT2D eigenvalue weighted by atomic mass is 35.5. The molecule has 1 N–H and O–H groups in total. The Balaban J connectivity index is 1.50. The number of rotatable bonds is 6. The average molecular weight is 441 g/mol. The molecule has 4 aromatic rings. The van der Waals surface area contributed by atoms with Crippen molar-refractivity contribution >= 4 is 34.8 Å². The van der Waals surface area contributed by atoms with Crippen molar-refractivity contribution in [1.82, 2.24) is 19.9 Å². The molecule has 1 unspecified atom stereocenters. The van der Waals surface area contributed by atoms with Gasteiger partial charge in [-0.2, -0.15) is 0 Å². The summed E-state index contributed by atoms with van der Waals surface area (Å²) in [5.74, 6) is 0.831. The first kappa shape index (κ1) is 20.2. The number of amides is 1. The first-order chi connectivity index (χ1) is 14.5. The SMILES string of the molecule is CC(NC(=O)c1ccccc1OCc1ccc(Cl)cc1Cl)c1nnc2ccccn12.